The van der Waals surface area contributed by atoms with Crippen LogP contribution in [0.25, 0.3) is 6.08 Å². The van der Waals surface area contributed by atoms with Gasteiger partial charge in [0.15, 0.2) is 5.75 Å². The molecule has 1 heterocycles. The Morgan fingerprint density at radius 1 is 1.48 bits per heavy atom. The van der Waals surface area contributed by atoms with Crippen molar-refractivity contribution in [1.29, 1.82) is 0 Å². The van der Waals surface area contributed by atoms with Gasteiger partial charge in [0.25, 0.3) is 5.91 Å². The average molecular weight is 287 g/mol. The van der Waals surface area contributed by atoms with Gasteiger partial charge in [-0.15, -0.1) is 0 Å². The maximum atomic E-state index is 12.0. The van der Waals surface area contributed by atoms with Crippen molar-refractivity contribution in [3.8, 4) is 5.75 Å². The van der Waals surface area contributed by atoms with Gasteiger partial charge >= 0.3 is 5.69 Å². The highest BCUT2D eigenvalue weighted by atomic mass is 16.6. The van der Waals surface area contributed by atoms with E-state index in [1.807, 2.05) is 0 Å². The minimum absolute atomic E-state index is 0.144. The normalized spacial score (nSPS) is 11.2. The van der Waals surface area contributed by atoms with Gasteiger partial charge in [-0.05, 0) is 24.6 Å². The molecule has 0 N–H and O–H groups in total. The van der Waals surface area contributed by atoms with Crippen molar-refractivity contribution in [2.75, 3.05) is 7.11 Å². The first kappa shape index (κ1) is 14.4. The zero-order valence-corrected chi connectivity index (χ0v) is 11.5. The summed E-state index contributed by atoms with van der Waals surface area (Å²) in [6, 6.07) is 4.51. The SMILES string of the molecule is COc1ccc(/C=C(\C)C(=O)n2ccnc2)cc1[N+](=O)[O-]. The predicted octanol–water partition coefficient (Wildman–Crippen LogP) is 2.54. The molecule has 0 fully saturated rings. The molecule has 1 aromatic heterocycles. The van der Waals surface area contributed by atoms with E-state index in [1.54, 1.807) is 19.1 Å². The first-order chi connectivity index (χ1) is 10.0. The molecular weight excluding hydrogens is 274 g/mol. The summed E-state index contributed by atoms with van der Waals surface area (Å²) in [6.07, 6.45) is 6.02. The molecule has 0 bridgehead atoms. The van der Waals surface area contributed by atoms with Crippen LogP contribution in [-0.4, -0.2) is 27.5 Å². The number of imidazole rings is 1. The van der Waals surface area contributed by atoms with Gasteiger partial charge in [0.2, 0.25) is 0 Å². The molecular formula is C14H13N3O4. The molecule has 108 valence electrons. The molecule has 0 aliphatic rings. The Kier molecular flexibility index (Phi) is 4.13. The number of nitro groups is 1. The second-order valence-corrected chi connectivity index (χ2v) is 4.29. The molecule has 0 radical (unpaired) electrons. The minimum atomic E-state index is -0.525. The van der Waals surface area contributed by atoms with E-state index >= 15 is 0 Å². The van der Waals surface area contributed by atoms with Crippen molar-refractivity contribution in [2.24, 2.45) is 0 Å². The molecule has 0 saturated carbocycles. The van der Waals surface area contributed by atoms with E-state index in [0.717, 1.165) is 0 Å². The van der Waals surface area contributed by atoms with E-state index in [1.165, 1.54) is 42.5 Å². The summed E-state index contributed by atoms with van der Waals surface area (Å²) >= 11 is 0. The molecule has 0 amide bonds. The van der Waals surface area contributed by atoms with Gasteiger partial charge in [-0.2, -0.15) is 0 Å². The quantitative estimate of drug-likeness (QED) is 0.490. The zero-order valence-electron chi connectivity index (χ0n) is 11.5. The zero-order chi connectivity index (χ0) is 15.4. The fourth-order valence-electron chi connectivity index (χ4n) is 1.83. The first-order valence-corrected chi connectivity index (χ1v) is 6.06. The van der Waals surface area contributed by atoms with Gasteiger partial charge in [-0.25, -0.2) is 4.98 Å². The van der Waals surface area contributed by atoms with Crippen LogP contribution in [0.15, 0.2) is 42.5 Å². The fraction of sp³-hybridized carbons (Fsp3) is 0.143. The molecule has 0 spiro atoms. The molecule has 0 atom stereocenters. The van der Waals surface area contributed by atoms with E-state index in [2.05, 4.69) is 4.98 Å². The molecule has 0 aliphatic heterocycles. The fourth-order valence-corrected chi connectivity index (χ4v) is 1.83. The van der Waals surface area contributed by atoms with E-state index in [0.29, 0.717) is 11.1 Å². The third-order valence-corrected chi connectivity index (χ3v) is 2.86. The summed E-state index contributed by atoms with van der Waals surface area (Å²) in [7, 11) is 1.37. The molecule has 7 nitrogen and oxygen atoms in total. The highest BCUT2D eigenvalue weighted by Gasteiger charge is 2.15. The molecule has 2 aromatic rings. The number of methoxy groups -OCH3 is 1. The second-order valence-electron chi connectivity index (χ2n) is 4.29. The highest BCUT2D eigenvalue weighted by Crippen LogP contribution is 2.28. The summed E-state index contributed by atoms with van der Waals surface area (Å²) in [6.45, 7) is 1.64. The van der Waals surface area contributed by atoms with E-state index in [-0.39, 0.29) is 17.3 Å². The van der Waals surface area contributed by atoms with Crippen LogP contribution < -0.4 is 4.74 Å². The number of nitro benzene ring substituents is 1. The Hall–Kier alpha value is -2.96. The van der Waals surface area contributed by atoms with Gasteiger partial charge in [0, 0.05) is 24.0 Å². The smallest absolute Gasteiger partial charge is 0.311 e. The van der Waals surface area contributed by atoms with Gasteiger partial charge in [0.1, 0.15) is 6.33 Å². The number of nitrogens with zero attached hydrogens (tertiary/aromatic N) is 3. The lowest BCUT2D eigenvalue weighted by atomic mass is 10.1. The van der Waals surface area contributed by atoms with Crippen LogP contribution in [0.3, 0.4) is 0 Å². The lowest BCUT2D eigenvalue weighted by molar-refractivity contribution is -0.385. The molecule has 0 aliphatic carbocycles. The van der Waals surface area contributed by atoms with Crippen molar-refractivity contribution in [1.82, 2.24) is 9.55 Å². The summed E-state index contributed by atoms with van der Waals surface area (Å²) in [5.74, 6) is -0.0679. The largest absolute Gasteiger partial charge is 0.490 e. The molecule has 0 unspecified atom stereocenters. The number of aromatic nitrogens is 2. The Morgan fingerprint density at radius 3 is 2.81 bits per heavy atom. The Morgan fingerprint density at radius 2 is 2.24 bits per heavy atom. The van der Waals surface area contributed by atoms with Crippen LogP contribution in [0, 0.1) is 10.1 Å². The topological polar surface area (TPSA) is 87.3 Å². The second kappa shape index (κ2) is 6.00. The molecule has 2 rings (SSSR count). The molecule has 21 heavy (non-hydrogen) atoms. The van der Waals surface area contributed by atoms with Crippen molar-refractivity contribution in [3.05, 3.63) is 58.2 Å². The molecule has 0 saturated heterocycles. The van der Waals surface area contributed by atoms with Crippen LogP contribution in [0.4, 0.5) is 5.69 Å². The lowest BCUT2D eigenvalue weighted by Crippen LogP contribution is -2.09. The van der Waals surface area contributed by atoms with E-state index < -0.39 is 4.92 Å². The number of rotatable bonds is 4. The van der Waals surface area contributed by atoms with Crippen molar-refractivity contribution in [3.63, 3.8) is 0 Å². The standard InChI is InChI=1S/C14H13N3O4/c1-10(14(18)16-6-5-15-9-16)7-11-3-4-13(21-2)12(8-11)17(19)20/h3-9H,1-2H3/b10-7+. The predicted molar refractivity (Wildman–Crippen MR) is 76.2 cm³/mol. The number of hydrogen-bond acceptors (Lipinski definition) is 5. The third kappa shape index (κ3) is 3.14. The third-order valence-electron chi connectivity index (χ3n) is 2.86. The number of allylic oxidation sites excluding steroid dienone is 1. The summed E-state index contributed by atoms with van der Waals surface area (Å²) in [5, 5.41) is 11.0. The maximum absolute atomic E-state index is 12.0. The number of hydrogen-bond donors (Lipinski definition) is 0. The van der Waals surface area contributed by atoms with E-state index in [9.17, 15) is 14.9 Å². The van der Waals surface area contributed by atoms with Crippen molar-refractivity contribution in [2.45, 2.75) is 6.92 Å². The van der Waals surface area contributed by atoms with Crippen LogP contribution in [0.5, 0.6) is 5.75 Å². The van der Waals surface area contributed by atoms with Gasteiger partial charge < -0.3 is 4.74 Å². The number of benzene rings is 1. The summed E-state index contributed by atoms with van der Waals surface area (Å²) in [5.41, 5.74) is 0.843. The van der Waals surface area contributed by atoms with Crippen LogP contribution in [0.2, 0.25) is 0 Å². The Labute approximate surface area is 120 Å². The van der Waals surface area contributed by atoms with Gasteiger partial charge in [-0.1, -0.05) is 6.07 Å². The Balaban J connectivity index is 2.34. The summed E-state index contributed by atoms with van der Waals surface area (Å²) in [4.78, 5) is 26.3. The average Bonchev–Trinajstić information content (AvgIpc) is 3.00. The maximum Gasteiger partial charge on any atom is 0.311 e. The molecule has 1 aromatic carbocycles. The van der Waals surface area contributed by atoms with Crippen LogP contribution in [0.1, 0.15) is 17.3 Å². The monoisotopic (exact) mass is 287 g/mol. The number of ether oxygens (including phenoxy) is 1. The lowest BCUT2D eigenvalue weighted by Gasteiger charge is -2.04. The Bertz CT molecular complexity index is 705. The number of carbonyl (C=O) groups is 1. The van der Waals surface area contributed by atoms with Crippen LogP contribution in [-0.2, 0) is 0 Å². The van der Waals surface area contributed by atoms with E-state index in [4.69, 9.17) is 4.74 Å². The summed E-state index contributed by atoms with van der Waals surface area (Å²) < 4.78 is 6.27. The number of carbonyl (C=O) groups excluding carboxylic acids is 1. The van der Waals surface area contributed by atoms with Crippen LogP contribution >= 0.6 is 0 Å². The minimum Gasteiger partial charge on any atom is -0.490 e. The van der Waals surface area contributed by atoms with Gasteiger partial charge in [0.05, 0.1) is 12.0 Å². The molecule has 7 heteroatoms. The van der Waals surface area contributed by atoms with Gasteiger partial charge in [-0.3, -0.25) is 19.5 Å². The first-order valence-electron chi connectivity index (χ1n) is 6.06. The van der Waals surface area contributed by atoms with Crippen molar-refractivity contribution >= 4 is 17.7 Å². The van der Waals surface area contributed by atoms with Crippen molar-refractivity contribution < 1.29 is 14.5 Å². The highest BCUT2D eigenvalue weighted by molar-refractivity contribution is 5.98.